The van der Waals surface area contributed by atoms with Gasteiger partial charge in [0.2, 0.25) is 0 Å². The van der Waals surface area contributed by atoms with E-state index in [1.807, 2.05) is 24.3 Å². The summed E-state index contributed by atoms with van der Waals surface area (Å²) in [6, 6.07) is 10.9. The number of fused-ring (bicyclic) bond motifs is 1. The van der Waals surface area contributed by atoms with Gasteiger partial charge in [0.15, 0.2) is 6.61 Å². The number of nitro benzene ring substituents is 1. The number of nitrogens with zero attached hydrogens (tertiary/aromatic N) is 3. The largest absolute Gasteiger partial charge is 0.454 e. The second-order valence-corrected chi connectivity index (χ2v) is 5.90. The fourth-order valence-corrected chi connectivity index (χ4v) is 2.54. The first kappa shape index (κ1) is 18.3. The van der Waals surface area contributed by atoms with Crippen LogP contribution in [0.1, 0.15) is 0 Å². The summed E-state index contributed by atoms with van der Waals surface area (Å²) < 4.78 is 6.54. The highest BCUT2D eigenvalue weighted by Gasteiger charge is 2.14. The first-order valence-corrected chi connectivity index (χ1v) is 8.11. The lowest BCUT2D eigenvalue weighted by Crippen LogP contribution is -2.23. The highest BCUT2D eigenvalue weighted by Crippen LogP contribution is 2.26. The number of halogens is 1. The zero-order valence-corrected chi connectivity index (χ0v) is 14.5. The molecule has 3 rings (SSSR count). The van der Waals surface area contributed by atoms with Crippen LogP contribution >= 0.6 is 11.6 Å². The van der Waals surface area contributed by atoms with Crippen molar-refractivity contribution in [3.8, 4) is 0 Å². The molecule has 1 amide bonds. The van der Waals surface area contributed by atoms with Crippen LogP contribution in [-0.4, -0.2) is 33.0 Å². The monoisotopic (exact) mass is 388 g/mol. The van der Waals surface area contributed by atoms with E-state index >= 15 is 0 Å². The summed E-state index contributed by atoms with van der Waals surface area (Å²) >= 11 is 5.90. The van der Waals surface area contributed by atoms with Crippen LogP contribution in [0.25, 0.3) is 11.0 Å². The maximum Gasteiger partial charge on any atom is 0.326 e. The quantitative estimate of drug-likeness (QED) is 0.394. The molecule has 0 fully saturated rings. The number of para-hydroxylation sites is 2. The van der Waals surface area contributed by atoms with Gasteiger partial charge in [-0.3, -0.25) is 19.7 Å². The molecule has 1 heterocycles. The molecule has 0 saturated carbocycles. The average Bonchev–Trinajstić information content (AvgIpc) is 3.05. The SMILES string of the molecule is O=C(COC(=O)Cn1cnc2ccccc21)Nc1cc([N+](=O)[O-])ccc1Cl. The number of anilines is 1. The number of nitrogens with one attached hydrogen (secondary N) is 1. The molecular weight excluding hydrogens is 376 g/mol. The first-order valence-electron chi connectivity index (χ1n) is 7.73. The third-order valence-electron chi connectivity index (χ3n) is 3.63. The minimum atomic E-state index is -0.666. The number of carbonyl (C=O) groups excluding carboxylic acids is 2. The van der Waals surface area contributed by atoms with Gasteiger partial charge in [0.1, 0.15) is 6.54 Å². The van der Waals surface area contributed by atoms with E-state index in [2.05, 4.69) is 10.3 Å². The fraction of sp³-hybridized carbons (Fsp3) is 0.118. The van der Waals surface area contributed by atoms with Gasteiger partial charge in [0.05, 0.1) is 33.0 Å². The van der Waals surface area contributed by atoms with Crippen molar-refractivity contribution >= 4 is 45.9 Å². The van der Waals surface area contributed by atoms with Crippen LogP contribution in [0.3, 0.4) is 0 Å². The van der Waals surface area contributed by atoms with E-state index in [1.54, 1.807) is 4.57 Å². The van der Waals surface area contributed by atoms with Gasteiger partial charge < -0.3 is 14.6 Å². The number of aromatic nitrogens is 2. The maximum absolute atomic E-state index is 12.0. The fourth-order valence-electron chi connectivity index (χ4n) is 2.38. The van der Waals surface area contributed by atoms with E-state index in [9.17, 15) is 19.7 Å². The topological polar surface area (TPSA) is 116 Å². The van der Waals surface area contributed by atoms with E-state index in [4.69, 9.17) is 16.3 Å². The number of hydrogen-bond donors (Lipinski definition) is 1. The Morgan fingerprint density at radius 1 is 1.26 bits per heavy atom. The Balaban J connectivity index is 1.57. The molecule has 1 aromatic heterocycles. The lowest BCUT2D eigenvalue weighted by Gasteiger charge is -2.08. The number of rotatable bonds is 6. The second kappa shape index (κ2) is 7.83. The Bertz CT molecular complexity index is 1030. The molecule has 0 aliphatic rings. The van der Waals surface area contributed by atoms with Crippen LogP contribution in [0.4, 0.5) is 11.4 Å². The van der Waals surface area contributed by atoms with Crippen molar-refractivity contribution in [1.82, 2.24) is 9.55 Å². The second-order valence-electron chi connectivity index (χ2n) is 5.49. The van der Waals surface area contributed by atoms with Crippen molar-refractivity contribution < 1.29 is 19.2 Å². The summed E-state index contributed by atoms with van der Waals surface area (Å²) in [5.74, 6) is -1.29. The van der Waals surface area contributed by atoms with Crippen molar-refractivity contribution in [2.45, 2.75) is 6.54 Å². The molecule has 0 aliphatic carbocycles. The summed E-state index contributed by atoms with van der Waals surface area (Å²) in [7, 11) is 0. The number of carbonyl (C=O) groups is 2. The molecule has 0 atom stereocenters. The number of ether oxygens (including phenoxy) is 1. The molecule has 9 nitrogen and oxygen atoms in total. The molecular formula is C17H13ClN4O5. The molecule has 27 heavy (non-hydrogen) atoms. The van der Waals surface area contributed by atoms with E-state index in [0.29, 0.717) is 0 Å². The number of non-ortho nitro benzene ring substituents is 1. The molecule has 0 spiro atoms. The van der Waals surface area contributed by atoms with Gasteiger partial charge in [-0.05, 0) is 18.2 Å². The van der Waals surface area contributed by atoms with E-state index in [0.717, 1.165) is 17.1 Å². The van der Waals surface area contributed by atoms with Crippen LogP contribution in [0.5, 0.6) is 0 Å². The van der Waals surface area contributed by atoms with Crippen molar-refractivity contribution in [2.75, 3.05) is 11.9 Å². The Morgan fingerprint density at radius 3 is 2.81 bits per heavy atom. The molecule has 1 N–H and O–H groups in total. The molecule has 0 bridgehead atoms. The third-order valence-corrected chi connectivity index (χ3v) is 3.96. The normalized spacial score (nSPS) is 10.6. The lowest BCUT2D eigenvalue weighted by molar-refractivity contribution is -0.384. The highest BCUT2D eigenvalue weighted by atomic mass is 35.5. The minimum absolute atomic E-state index is 0.0625. The summed E-state index contributed by atoms with van der Waals surface area (Å²) in [6.45, 7) is -0.657. The van der Waals surface area contributed by atoms with Crippen molar-refractivity contribution in [1.29, 1.82) is 0 Å². The van der Waals surface area contributed by atoms with Gasteiger partial charge in [-0.15, -0.1) is 0 Å². The number of hydrogen-bond acceptors (Lipinski definition) is 6. The van der Waals surface area contributed by atoms with Crippen LogP contribution in [0, 0.1) is 10.1 Å². The Labute approximate surface area is 157 Å². The van der Waals surface area contributed by atoms with Gasteiger partial charge >= 0.3 is 5.97 Å². The molecule has 0 saturated heterocycles. The minimum Gasteiger partial charge on any atom is -0.454 e. The highest BCUT2D eigenvalue weighted by molar-refractivity contribution is 6.33. The predicted octanol–water partition coefficient (Wildman–Crippen LogP) is 2.78. The number of benzene rings is 2. The first-order chi connectivity index (χ1) is 12.9. The van der Waals surface area contributed by atoms with Gasteiger partial charge in [-0.1, -0.05) is 23.7 Å². The number of esters is 1. The Kier molecular flexibility index (Phi) is 5.32. The molecule has 10 heteroatoms. The van der Waals surface area contributed by atoms with Crippen molar-refractivity contribution in [3.63, 3.8) is 0 Å². The predicted molar refractivity (Wildman–Crippen MR) is 97.4 cm³/mol. The average molecular weight is 389 g/mol. The molecule has 2 aromatic carbocycles. The van der Waals surface area contributed by atoms with Gasteiger partial charge in [-0.2, -0.15) is 0 Å². The van der Waals surface area contributed by atoms with Gasteiger partial charge in [-0.25, -0.2) is 4.98 Å². The number of imidazole rings is 1. The van der Waals surface area contributed by atoms with Crippen LogP contribution in [-0.2, 0) is 20.9 Å². The maximum atomic E-state index is 12.0. The van der Waals surface area contributed by atoms with Crippen molar-refractivity contribution in [3.05, 3.63) is 63.9 Å². The number of nitro groups is 1. The summed E-state index contributed by atoms with van der Waals surface area (Å²) in [5, 5.41) is 13.3. The van der Waals surface area contributed by atoms with Gasteiger partial charge in [0, 0.05) is 12.1 Å². The lowest BCUT2D eigenvalue weighted by atomic mass is 10.3. The van der Waals surface area contributed by atoms with Crippen LogP contribution in [0.2, 0.25) is 5.02 Å². The number of amides is 1. The van der Waals surface area contributed by atoms with Gasteiger partial charge in [0.25, 0.3) is 11.6 Å². The molecule has 3 aromatic rings. The van der Waals surface area contributed by atoms with E-state index < -0.39 is 23.4 Å². The molecule has 0 aliphatic heterocycles. The van der Waals surface area contributed by atoms with E-state index in [1.165, 1.54) is 18.5 Å². The van der Waals surface area contributed by atoms with Crippen LogP contribution < -0.4 is 5.32 Å². The Morgan fingerprint density at radius 2 is 2.04 bits per heavy atom. The Hall–Kier alpha value is -3.46. The van der Waals surface area contributed by atoms with Crippen LogP contribution in [0.15, 0.2) is 48.8 Å². The summed E-state index contributed by atoms with van der Waals surface area (Å²) in [4.78, 5) is 38.2. The molecule has 0 unspecified atom stereocenters. The van der Waals surface area contributed by atoms with Crippen molar-refractivity contribution in [2.24, 2.45) is 0 Å². The molecule has 0 radical (unpaired) electrons. The standard InChI is InChI=1S/C17H13ClN4O5/c18-12-6-5-11(22(25)26)7-14(12)20-16(23)9-27-17(24)8-21-10-19-13-3-1-2-4-15(13)21/h1-7,10H,8-9H2,(H,20,23). The third kappa shape index (κ3) is 4.39. The zero-order valence-electron chi connectivity index (χ0n) is 13.8. The van der Waals surface area contributed by atoms with E-state index in [-0.39, 0.29) is 22.9 Å². The zero-order chi connectivity index (χ0) is 19.4. The molecule has 138 valence electrons. The smallest absolute Gasteiger partial charge is 0.326 e. The summed E-state index contributed by atoms with van der Waals surface area (Å²) in [5.41, 5.74) is 1.34. The summed E-state index contributed by atoms with van der Waals surface area (Å²) in [6.07, 6.45) is 1.51.